The van der Waals surface area contributed by atoms with Crippen molar-refractivity contribution in [1.29, 1.82) is 0 Å². The van der Waals surface area contributed by atoms with E-state index in [9.17, 15) is 14.7 Å². The van der Waals surface area contributed by atoms with Crippen LogP contribution in [0.3, 0.4) is 0 Å². The average molecular weight is 261 g/mol. The Kier molecular flexibility index (Phi) is 3.52. The number of carbonyl (C=O) groups is 1. The highest BCUT2D eigenvalue weighted by Gasteiger charge is 2.17. The maximum Gasteiger partial charge on any atom is 0.352 e. The number of para-hydroxylation sites is 1. The zero-order chi connectivity index (χ0) is 14.0. The number of carboxylic acids is 1. The third-order valence-corrected chi connectivity index (χ3v) is 3.01. The number of nitrogens with two attached hydrogens (primary N) is 2. The number of carboxylic acid groups (broad SMARTS) is 1. The summed E-state index contributed by atoms with van der Waals surface area (Å²) < 4.78 is 0. The molecule has 0 saturated carbocycles. The third-order valence-electron chi connectivity index (χ3n) is 3.01. The molecule has 0 unspecified atom stereocenters. The number of rotatable bonds is 4. The standard InChI is InChI=1S/C13H15N3O3/c14-6-2-4-8-11(13(18)19)16-10-7(12(8)17)3-1-5-9(10)15/h1,3,5H,2,4,6,14-15H2,(H,16,17)(H,18,19). The lowest BCUT2D eigenvalue weighted by molar-refractivity contribution is 0.0689. The topological polar surface area (TPSA) is 122 Å². The summed E-state index contributed by atoms with van der Waals surface area (Å²) in [7, 11) is 0. The summed E-state index contributed by atoms with van der Waals surface area (Å²) in [4.78, 5) is 26.3. The van der Waals surface area contributed by atoms with E-state index in [4.69, 9.17) is 11.5 Å². The molecule has 2 aromatic rings. The highest BCUT2D eigenvalue weighted by Crippen LogP contribution is 2.18. The van der Waals surface area contributed by atoms with E-state index in [1.54, 1.807) is 18.2 Å². The van der Waals surface area contributed by atoms with Crippen molar-refractivity contribution < 1.29 is 9.90 Å². The SMILES string of the molecule is NCCCc1c(C(=O)O)[nH]c2c(N)cccc2c1=O. The van der Waals surface area contributed by atoms with Crippen LogP contribution < -0.4 is 16.9 Å². The first-order valence-corrected chi connectivity index (χ1v) is 5.93. The molecule has 6 heteroatoms. The van der Waals surface area contributed by atoms with Gasteiger partial charge in [-0.3, -0.25) is 4.79 Å². The minimum atomic E-state index is -1.17. The number of nitrogens with one attached hydrogen (secondary N) is 1. The quantitative estimate of drug-likeness (QED) is 0.603. The van der Waals surface area contributed by atoms with E-state index in [1.807, 2.05) is 0 Å². The van der Waals surface area contributed by atoms with E-state index in [1.165, 1.54) is 0 Å². The Labute approximate surface area is 109 Å². The van der Waals surface area contributed by atoms with Crippen molar-refractivity contribution in [3.8, 4) is 0 Å². The molecule has 0 aliphatic carbocycles. The molecule has 0 radical (unpaired) electrons. The summed E-state index contributed by atoms with van der Waals surface area (Å²) in [6.07, 6.45) is 0.884. The third kappa shape index (κ3) is 2.30. The fraction of sp³-hybridized carbons (Fsp3) is 0.231. The van der Waals surface area contributed by atoms with Crippen LogP contribution in [0.15, 0.2) is 23.0 Å². The van der Waals surface area contributed by atoms with Crippen molar-refractivity contribution >= 4 is 22.6 Å². The van der Waals surface area contributed by atoms with E-state index in [-0.39, 0.29) is 16.7 Å². The summed E-state index contributed by atoms with van der Waals surface area (Å²) in [5.74, 6) is -1.17. The van der Waals surface area contributed by atoms with Gasteiger partial charge in [-0.1, -0.05) is 6.07 Å². The number of aromatic carboxylic acids is 1. The van der Waals surface area contributed by atoms with E-state index >= 15 is 0 Å². The molecule has 1 heterocycles. The summed E-state index contributed by atoms with van der Waals surface area (Å²) in [5.41, 5.74) is 11.7. The molecule has 2 rings (SSSR count). The van der Waals surface area contributed by atoms with Gasteiger partial charge in [0.05, 0.1) is 11.2 Å². The van der Waals surface area contributed by atoms with Gasteiger partial charge in [-0.25, -0.2) is 4.79 Å². The van der Waals surface area contributed by atoms with Crippen molar-refractivity contribution in [3.63, 3.8) is 0 Å². The summed E-state index contributed by atoms with van der Waals surface area (Å²) >= 11 is 0. The number of aromatic nitrogens is 1. The number of pyridine rings is 1. The lowest BCUT2D eigenvalue weighted by Gasteiger charge is -2.09. The molecule has 0 amide bonds. The van der Waals surface area contributed by atoms with Crippen LogP contribution in [0, 0.1) is 0 Å². The molecule has 19 heavy (non-hydrogen) atoms. The lowest BCUT2D eigenvalue weighted by atomic mass is 10.0. The van der Waals surface area contributed by atoms with E-state index in [0.717, 1.165) is 0 Å². The predicted molar refractivity (Wildman–Crippen MR) is 73.3 cm³/mol. The van der Waals surface area contributed by atoms with Gasteiger partial charge < -0.3 is 21.6 Å². The van der Waals surface area contributed by atoms with Crippen LogP contribution in [0.25, 0.3) is 10.9 Å². The zero-order valence-electron chi connectivity index (χ0n) is 10.3. The van der Waals surface area contributed by atoms with Crippen LogP contribution in [-0.2, 0) is 6.42 Å². The van der Waals surface area contributed by atoms with Crippen LogP contribution in [0.5, 0.6) is 0 Å². The first kappa shape index (κ1) is 13.1. The first-order chi connectivity index (χ1) is 9.06. The van der Waals surface area contributed by atoms with Crippen molar-refractivity contribution in [2.75, 3.05) is 12.3 Å². The second-order valence-corrected chi connectivity index (χ2v) is 4.27. The van der Waals surface area contributed by atoms with Gasteiger partial charge in [-0.15, -0.1) is 0 Å². The van der Waals surface area contributed by atoms with Crippen molar-refractivity contribution in [2.45, 2.75) is 12.8 Å². The number of aromatic amines is 1. The number of anilines is 1. The Balaban J connectivity index is 2.78. The average Bonchev–Trinajstić information content (AvgIpc) is 2.38. The highest BCUT2D eigenvalue weighted by atomic mass is 16.4. The zero-order valence-corrected chi connectivity index (χ0v) is 10.3. The second-order valence-electron chi connectivity index (χ2n) is 4.27. The molecule has 1 aromatic carbocycles. The molecule has 0 saturated heterocycles. The molecule has 0 atom stereocenters. The van der Waals surface area contributed by atoms with Gasteiger partial charge in [0.2, 0.25) is 0 Å². The molecule has 0 spiro atoms. The Morgan fingerprint density at radius 3 is 2.74 bits per heavy atom. The summed E-state index contributed by atoms with van der Waals surface area (Å²) in [6, 6.07) is 4.91. The smallest absolute Gasteiger partial charge is 0.352 e. The molecule has 0 bridgehead atoms. The van der Waals surface area contributed by atoms with E-state index < -0.39 is 5.97 Å². The van der Waals surface area contributed by atoms with Gasteiger partial charge in [0.1, 0.15) is 5.69 Å². The maximum atomic E-state index is 12.3. The number of fused-ring (bicyclic) bond motifs is 1. The first-order valence-electron chi connectivity index (χ1n) is 5.93. The minimum absolute atomic E-state index is 0.108. The summed E-state index contributed by atoms with van der Waals surface area (Å²) in [5, 5.41) is 9.60. The van der Waals surface area contributed by atoms with Crippen LogP contribution in [0.2, 0.25) is 0 Å². The van der Waals surface area contributed by atoms with Crippen LogP contribution >= 0.6 is 0 Å². The van der Waals surface area contributed by atoms with Gasteiger partial charge in [0, 0.05) is 10.9 Å². The molecule has 0 fully saturated rings. The van der Waals surface area contributed by atoms with Crippen LogP contribution in [-0.4, -0.2) is 22.6 Å². The predicted octanol–water partition coefficient (Wildman–Crippen LogP) is 0.700. The number of H-pyrrole nitrogens is 1. The molecule has 1 aromatic heterocycles. The Morgan fingerprint density at radius 2 is 2.11 bits per heavy atom. The van der Waals surface area contributed by atoms with Crippen molar-refractivity contribution in [3.05, 3.63) is 39.7 Å². The van der Waals surface area contributed by atoms with Gasteiger partial charge in [-0.05, 0) is 31.5 Å². The number of nitrogen functional groups attached to an aromatic ring is 1. The number of hydrogen-bond donors (Lipinski definition) is 4. The maximum absolute atomic E-state index is 12.3. The van der Waals surface area contributed by atoms with E-state index in [0.29, 0.717) is 36.0 Å². The Hall–Kier alpha value is -2.34. The van der Waals surface area contributed by atoms with Crippen LogP contribution in [0.1, 0.15) is 22.5 Å². The second kappa shape index (κ2) is 5.11. The van der Waals surface area contributed by atoms with Gasteiger partial charge in [0.25, 0.3) is 0 Å². The molecule has 6 nitrogen and oxygen atoms in total. The molecular formula is C13H15N3O3. The largest absolute Gasteiger partial charge is 0.477 e. The van der Waals surface area contributed by atoms with Crippen LogP contribution in [0.4, 0.5) is 5.69 Å². The number of hydrogen-bond acceptors (Lipinski definition) is 4. The molecular weight excluding hydrogens is 246 g/mol. The lowest BCUT2D eigenvalue weighted by Crippen LogP contribution is -2.19. The fourth-order valence-electron chi connectivity index (χ4n) is 2.08. The van der Waals surface area contributed by atoms with Gasteiger partial charge in [-0.2, -0.15) is 0 Å². The highest BCUT2D eigenvalue weighted by molar-refractivity contribution is 5.95. The Morgan fingerprint density at radius 1 is 1.37 bits per heavy atom. The molecule has 0 aliphatic heterocycles. The van der Waals surface area contributed by atoms with Crippen molar-refractivity contribution in [2.24, 2.45) is 5.73 Å². The molecule has 100 valence electrons. The van der Waals surface area contributed by atoms with E-state index in [2.05, 4.69) is 4.98 Å². The Bertz CT molecular complexity index is 691. The van der Waals surface area contributed by atoms with Gasteiger partial charge in [0.15, 0.2) is 5.43 Å². The molecule has 6 N–H and O–H groups in total. The number of benzene rings is 1. The fourth-order valence-corrected chi connectivity index (χ4v) is 2.08. The summed E-state index contributed by atoms with van der Waals surface area (Å²) in [6.45, 7) is 0.396. The molecule has 0 aliphatic rings. The monoisotopic (exact) mass is 261 g/mol. The minimum Gasteiger partial charge on any atom is -0.477 e. The van der Waals surface area contributed by atoms with Crippen molar-refractivity contribution in [1.82, 2.24) is 4.98 Å². The normalized spacial score (nSPS) is 10.8. The van der Waals surface area contributed by atoms with Gasteiger partial charge >= 0.3 is 5.97 Å².